The molecule has 3 heterocycles. The minimum absolute atomic E-state index is 0.373. The van der Waals surface area contributed by atoms with Crippen LogP contribution in [0.5, 0.6) is 0 Å². The summed E-state index contributed by atoms with van der Waals surface area (Å²) < 4.78 is 2.01. The number of aryl methyl sites for hydroxylation is 2. The van der Waals surface area contributed by atoms with Crippen LogP contribution < -0.4 is 5.32 Å². The van der Waals surface area contributed by atoms with Gasteiger partial charge in [0.1, 0.15) is 12.2 Å². The number of nitrogens with zero attached hydrogens (tertiary/aromatic N) is 2. The third-order valence-corrected chi connectivity index (χ3v) is 4.74. The van der Waals surface area contributed by atoms with Gasteiger partial charge in [-0.3, -0.25) is 0 Å². The Balaban J connectivity index is 1.90. The lowest BCUT2D eigenvalue weighted by molar-refractivity contribution is 0.00198. The second-order valence-corrected chi connectivity index (χ2v) is 6.09. The minimum Gasteiger partial charge on any atom is -0.388 e. The highest BCUT2D eigenvalue weighted by Gasteiger charge is 2.36. The van der Waals surface area contributed by atoms with Crippen molar-refractivity contribution in [3.63, 3.8) is 0 Å². The smallest absolute Gasteiger partial charge is 0.161 e. The maximum absolute atomic E-state index is 10.6. The fraction of sp³-hybridized carbons (Fsp3) is 0.278. The van der Waals surface area contributed by atoms with Crippen LogP contribution in [0.15, 0.2) is 42.6 Å². The summed E-state index contributed by atoms with van der Waals surface area (Å²) in [6, 6.07) is 11.1. The molecule has 3 N–H and O–H groups in total. The van der Waals surface area contributed by atoms with Crippen molar-refractivity contribution >= 4 is 11.3 Å². The molecule has 1 aliphatic rings. The van der Waals surface area contributed by atoms with E-state index >= 15 is 0 Å². The molecule has 4 rings (SSSR count). The predicted octanol–water partition coefficient (Wildman–Crippen LogP) is 2.51. The maximum Gasteiger partial charge on any atom is 0.161 e. The van der Waals surface area contributed by atoms with Gasteiger partial charge in [-0.1, -0.05) is 30.3 Å². The van der Waals surface area contributed by atoms with Crippen molar-refractivity contribution in [2.45, 2.75) is 32.1 Å². The van der Waals surface area contributed by atoms with Crippen molar-refractivity contribution in [3.05, 3.63) is 65.1 Å². The van der Waals surface area contributed by atoms with Crippen LogP contribution in [0.1, 0.15) is 34.7 Å². The first-order chi connectivity index (χ1) is 11.1. The monoisotopic (exact) mass is 309 g/mol. The molecule has 5 heteroatoms. The topological polar surface area (TPSA) is 69.8 Å². The van der Waals surface area contributed by atoms with Crippen LogP contribution in [-0.4, -0.2) is 25.7 Å². The number of aliphatic hydroxyl groups is 2. The Bertz CT molecular complexity index is 873. The SMILES string of the molecule is Cc1nc2c3c(ccn2c1C)C(O)[C@H](O)C(c1ccccc1)N3. The second-order valence-electron chi connectivity index (χ2n) is 6.09. The number of hydrogen-bond donors (Lipinski definition) is 3. The van der Waals surface area contributed by atoms with Crippen LogP contribution in [0.4, 0.5) is 5.69 Å². The van der Waals surface area contributed by atoms with Gasteiger partial charge in [-0.2, -0.15) is 0 Å². The lowest BCUT2D eigenvalue weighted by Gasteiger charge is -2.35. The number of fused-ring (bicyclic) bond motifs is 3. The van der Waals surface area contributed by atoms with E-state index < -0.39 is 12.2 Å². The Labute approximate surface area is 134 Å². The van der Waals surface area contributed by atoms with Crippen LogP contribution in [0.3, 0.4) is 0 Å². The average molecular weight is 309 g/mol. The van der Waals surface area contributed by atoms with Crippen molar-refractivity contribution in [1.29, 1.82) is 0 Å². The number of rotatable bonds is 1. The van der Waals surface area contributed by atoms with Crippen LogP contribution in [0.25, 0.3) is 5.65 Å². The lowest BCUT2D eigenvalue weighted by atomic mass is 9.89. The largest absolute Gasteiger partial charge is 0.388 e. The van der Waals surface area contributed by atoms with E-state index in [1.807, 2.05) is 60.8 Å². The predicted molar refractivity (Wildman–Crippen MR) is 88.4 cm³/mol. The first-order valence-corrected chi connectivity index (χ1v) is 7.73. The lowest BCUT2D eigenvalue weighted by Crippen LogP contribution is -2.36. The second kappa shape index (κ2) is 5.08. The Morgan fingerprint density at radius 3 is 2.57 bits per heavy atom. The van der Waals surface area contributed by atoms with Crippen LogP contribution >= 0.6 is 0 Å². The number of anilines is 1. The molecule has 0 aliphatic carbocycles. The van der Waals surface area contributed by atoms with Crippen molar-refractivity contribution < 1.29 is 10.2 Å². The fourth-order valence-electron chi connectivity index (χ4n) is 3.30. The first kappa shape index (κ1) is 14.2. The molecule has 1 aliphatic heterocycles. The molecule has 23 heavy (non-hydrogen) atoms. The first-order valence-electron chi connectivity index (χ1n) is 7.73. The summed E-state index contributed by atoms with van der Waals surface area (Å²) >= 11 is 0. The van der Waals surface area contributed by atoms with Gasteiger partial charge >= 0.3 is 0 Å². The van der Waals surface area contributed by atoms with E-state index in [1.54, 1.807) is 0 Å². The number of nitrogens with one attached hydrogen (secondary N) is 1. The number of aliphatic hydroxyl groups excluding tert-OH is 2. The quantitative estimate of drug-likeness (QED) is 0.646. The molecular weight excluding hydrogens is 290 g/mol. The zero-order valence-corrected chi connectivity index (χ0v) is 13.1. The van der Waals surface area contributed by atoms with Crippen molar-refractivity contribution in [1.82, 2.24) is 9.38 Å². The molecule has 118 valence electrons. The molecular formula is C18H19N3O2. The summed E-state index contributed by atoms with van der Waals surface area (Å²) in [5.41, 5.74) is 5.21. The standard InChI is InChI=1S/C18H19N3O2/c1-10-11(2)21-9-8-13-15(18(21)19-10)20-14(17(23)16(13)22)12-6-4-3-5-7-12/h3-9,14,16-17,20,22-23H,1-2H3/t14?,16?,17-/m1/s1. The molecule has 0 saturated heterocycles. The van der Waals surface area contributed by atoms with E-state index in [9.17, 15) is 10.2 Å². The van der Waals surface area contributed by atoms with Gasteiger partial charge in [-0.05, 0) is 25.5 Å². The minimum atomic E-state index is -0.946. The summed E-state index contributed by atoms with van der Waals surface area (Å²) in [4.78, 5) is 4.62. The maximum atomic E-state index is 10.6. The molecule has 0 saturated carbocycles. The van der Waals surface area contributed by atoms with Crippen molar-refractivity contribution in [2.75, 3.05) is 5.32 Å². The van der Waals surface area contributed by atoms with Crippen LogP contribution in [0, 0.1) is 13.8 Å². The van der Waals surface area contributed by atoms with Gasteiger partial charge in [0.05, 0.1) is 17.4 Å². The summed E-state index contributed by atoms with van der Waals surface area (Å²) in [6.45, 7) is 3.99. The summed E-state index contributed by atoms with van der Waals surface area (Å²) in [7, 11) is 0. The number of imidazole rings is 1. The van der Waals surface area contributed by atoms with E-state index in [-0.39, 0.29) is 6.04 Å². The molecule has 0 amide bonds. The van der Waals surface area contributed by atoms with Gasteiger partial charge < -0.3 is 19.9 Å². The van der Waals surface area contributed by atoms with Gasteiger partial charge in [0.25, 0.3) is 0 Å². The molecule has 2 aromatic heterocycles. The number of benzene rings is 1. The van der Waals surface area contributed by atoms with Crippen molar-refractivity contribution in [2.24, 2.45) is 0 Å². The highest BCUT2D eigenvalue weighted by Crippen LogP contribution is 2.41. The van der Waals surface area contributed by atoms with Crippen LogP contribution in [0.2, 0.25) is 0 Å². The Morgan fingerprint density at radius 1 is 1.09 bits per heavy atom. The van der Waals surface area contributed by atoms with Gasteiger partial charge in [-0.15, -0.1) is 0 Å². The van der Waals surface area contributed by atoms with Gasteiger partial charge in [-0.25, -0.2) is 4.98 Å². The summed E-state index contributed by atoms with van der Waals surface area (Å²) in [5, 5.41) is 24.5. The highest BCUT2D eigenvalue weighted by atomic mass is 16.3. The third-order valence-electron chi connectivity index (χ3n) is 4.74. The summed E-state index contributed by atoms with van der Waals surface area (Å²) in [5.74, 6) is 0. The summed E-state index contributed by atoms with van der Waals surface area (Å²) in [6.07, 6.45) is 0.0347. The molecule has 0 bridgehead atoms. The fourth-order valence-corrected chi connectivity index (χ4v) is 3.30. The van der Waals surface area contributed by atoms with E-state index in [4.69, 9.17) is 0 Å². The van der Waals surface area contributed by atoms with Gasteiger partial charge in [0.15, 0.2) is 5.65 Å². The Morgan fingerprint density at radius 2 is 1.83 bits per heavy atom. The van der Waals surface area contributed by atoms with Crippen LogP contribution in [-0.2, 0) is 0 Å². The average Bonchev–Trinajstić information content (AvgIpc) is 2.86. The molecule has 0 spiro atoms. The number of pyridine rings is 1. The van der Waals surface area contributed by atoms with Gasteiger partial charge in [0, 0.05) is 17.5 Å². The zero-order valence-electron chi connectivity index (χ0n) is 13.1. The van der Waals surface area contributed by atoms with Gasteiger partial charge in [0.2, 0.25) is 0 Å². The highest BCUT2D eigenvalue weighted by molar-refractivity contribution is 5.75. The molecule has 5 nitrogen and oxygen atoms in total. The molecule has 2 unspecified atom stereocenters. The molecule has 0 radical (unpaired) electrons. The molecule has 1 aromatic carbocycles. The van der Waals surface area contributed by atoms with E-state index in [2.05, 4.69) is 10.3 Å². The Hall–Kier alpha value is -2.37. The van der Waals surface area contributed by atoms with E-state index in [1.165, 1.54) is 0 Å². The Kier molecular flexibility index (Phi) is 3.14. The third kappa shape index (κ3) is 2.04. The molecule has 0 fully saturated rings. The van der Waals surface area contributed by atoms with E-state index in [0.29, 0.717) is 5.56 Å². The number of aromatic nitrogens is 2. The zero-order chi connectivity index (χ0) is 16.1. The van der Waals surface area contributed by atoms with E-state index in [0.717, 1.165) is 28.3 Å². The molecule has 3 aromatic rings. The number of hydrogen-bond acceptors (Lipinski definition) is 4. The van der Waals surface area contributed by atoms with Crippen molar-refractivity contribution in [3.8, 4) is 0 Å². The molecule has 3 atom stereocenters. The normalized spacial score (nSPS) is 23.6.